The van der Waals surface area contributed by atoms with Crippen LogP contribution in [0.3, 0.4) is 0 Å². The zero-order valence-corrected chi connectivity index (χ0v) is 8.71. The van der Waals surface area contributed by atoms with Gasteiger partial charge in [0.1, 0.15) is 0 Å². The van der Waals surface area contributed by atoms with Crippen molar-refractivity contribution in [1.29, 1.82) is 0 Å². The average molecular weight is 192 g/mol. The lowest BCUT2D eigenvalue weighted by molar-refractivity contribution is -0.116. The van der Waals surface area contributed by atoms with Crippen molar-refractivity contribution < 1.29 is 4.79 Å². The van der Waals surface area contributed by atoms with Crippen LogP contribution in [0, 0.1) is 6.92 Å². The molecule has 0 aliphatic carbocycles. The number of unbranched alkanes of at least 4 members (excludes halogenated alkanes) is 1. The summed E-state index contributed by atoms with van der Waals surface area (Å²) in [6.45, 7) is 3.98. The Kier molecular flexibility index (Phi) is 4.11. The quantitative estimate of drug-likeness (QED) is 0.796. The van der Waals surface area contributed by atoms with Crippen LogP contribution in [-0.2, 0) is 4.79 Å². The van der Waals surface area contributed by atoms with Gasteiger partial charge in [-0.25, -0.2) is 0 Å². The second kappa shape index (κ2) is 5.37. The van der Waals surface area contributed by atoms with Gasteiger partial charge in [0.2, 0.25) is 5.91 Å². The van der Waals surface area contributed by atoms with Gasteiger partial charge in [-0.3, -0.25) is 9.78 Å². The summed E-state index contributed by atoms with van der Waals surface area (Å²) < 4.78 is 0. The van der Waals surface area contributed by atoms with Gasteiger partial charge in [0.25, 0.3) is 0 Å². The van der Waals surface area contributed by atoms with E-state index in [1.807, 2.05) is 13.0 Å². The molecule has 0 spiro atoms. The molecule has 3 heteroatoms. The summed E-state index contributed by atoms with van der Waals surface area (Å²) in [6, 6.07) is 3.67. The highest BCUT2D eigenvalue weighted by atomic mass is 16.1. The Morgan fingerprint density at radius 1 is 1.57 bits per heavy atom. The predicted octanol–water partition coefficient (Wildman–Crippen LogP) is 2.52. The van der Waals surface area contributed by atoms with Crippen molar-refractivity contribution in [3.05, 3.63) is 24.0 Å². The van der Waals surface area contributed by atoms with E-state index in [2.05, 4.69) is 17.2 Å². The molecule has 14 heavy (non-hydrogen) atoms. The van der Waals surface area contributed by atoms with Crippen molar-refractivity contribution in [3.63, 3.8) is 0 Å². The van der Waals surface area contributed by atoms with Gasteiger partial charge < -0.3 is 5.32 Å². The number of nitrogens with zero attached hydrogens (tertiary/aromatic N) is 1. The summed E-state index contributed by atoms with van der Waals surface area (Å²) in [5.74, 6) is 0.0810. The van der Waals surface area contributed by atoms with Crippen molar-refractivity contribution in [2.24, 2.45) is 0 Å². The molecule has 0 fully saturated rings. The lowest BCUT2D eigenvalue weighted by Crippen LogP contribution is -2.11. The SMILES string of the molecule is CCCCC(=O)Nc1ccnc(C)c1. The number of aromatic nitrogens is 1. The Morgan fingerprint density at radius 2 is 2.36 bits per heavy atom. The molecule has 0 aliphatic heterocycles. The third kappa shape index (κ3) is 3.56. The Bertz CT molecular complexity index is 310. The minimum Gasteiger partial charge on any atom is -0.326 e. The second-order valence-electron chi connectivity index (χ2n) is 3.34. The van der Waals surface area contributed by atoms with E-state index in [0.29, 0.717) is 6.42 Å². The first-order chi connectivity index (χ1) is 6.72. The highest BCUT2D eigenvalue weighted by Gasteiger charge is 2.00. The molecule has 1 aromatic heterocycles. The van der Waals surface area contributed by atoms with Gasteiger partial charge in [-0.2, -0.15) is 0 Å². The van der Waals surface area contributed by atoms with E-state index in [4.69, 9.17) is 0 Å². The Balaban J connectivity index is 2.47. The lowest BCUT2D eigenvalue weighted by atomic mass is 10.2. The number of carbonyl (C=O) groups is 1. The van der Waals surface area contributed by atoms with Crippen LogP contribution in [0.1, 0.15) is 31.9 Å². The van der Waals surface area contributed by atoms with E-state index >= 15 is 0 Å². The normalized spacial score (nSPS) is 9.86. The molecule has 0 bridgehead atoms. The van der Waals surface area contributed by atoms with Gasteiger partial charge in [0.15, 0.2) is 0 Å². The third-order valence-electron chi connectivity index (χ3n) is 1.94. The van der Waals surface area contributed by atoms with Gasteiger partial charge in [-0.05, 0) is 25.5 Å². The highest BCUT2D eigenvalue weighted by Crippen LogP contribution is 2.08. The summed E-state index contributed by atoms with van der Waals surface area (Å²) in [5, 5.41) is 2.84. The van der Waals surface area contributed by atoms with E-state index in [1.54, 1.807) is 12.3 Å². The second-order valence-corrected chi connectivity index (χ2v) is 3.34. The molecule has 1 heterocycles. The maximum atomic E-state index is 11.4. The van der Waals surface area contributed by atoms with Crippen LogP contribution in [0.4, 0.5) is 5.69 Å². The number of hydrogen-bond acceptors (Lipinski definition) is 2. The molecule has 0 saturated carbocycles. The van der Waals surface area contributed by atoms with E-state index in [9.17, 15) is 4.79 Å². The van der Waals surface area contributed by atoms with Crippen molar-refractivity contribution in [2.45, 2.75) is 33.1 Å². The molecule has 1 rings (SSSR count). The fourth-order valence-corrected chi connectivity index (χ4v) is 1.18. The van der Waals surface area contributed by atoms with Crippen LogP contribution < -0.4 is 5.32 Å². The molecular weight excluding hydrogens is 176 g/mol. The Morgan fingerprint density at radius 3 is 3.00 bits per heavy atom. The van der Waals surface area contributed by atoms with Crippen LogP contribution in [0.25, 0.3) is 0 Å². The van der Waals surface area contributed by atoms with Crippen LogP contribution in [-0.4, -0.2) is 10.9 Å². The number of amides is 1. The van der Waals surface area contributed by atoms with Crippen LogP contribution in [0.2, 0.25) is 0 Å². The zero-order chi connectivity index (χ0) is 10.4. The maximum Gasteiger partial charge on any atom is 0.224 e. The predicted molar refractivity (Wildman–Crippen MR) is 57.1 cm³/mol. The zero-order valence-electron chi connectivity index (χ0n) is 8.71. The van der Waals surface area contributed by atoms with Crippen molar-refractivity contribution in [2.75, 3.05) is 5.32 Å². The lowest BCUT2D eigenvalue weighted by Gasteiger charge is -2.04. The molecule has 0 aromatic carbocycles. The number of nitrogens with one attached hydrogen (secondary N) is 1. The largest absolute Gasteiger partial charge is 0.326 e. The summed E-state index contributed by atoms with van der Waals surface area (Å²) in [6.07, 6.45) is 4.28. The van der Waals surface area contributed by atoms with Crippen LogP contribution in [0.5, 0.6) is 0 Å². The topological polar surface area (TPSA) is 42.0 Å². The number of hydrogen-bond donors (Lipinski definition) is 1. The highest BCUT2D eigenvalue weighted by molar-refractivity contribution is 5.90. The van der Waals surface area contributed by atoms with E-state index in [1.165, 1.54) is 0 Å². The van der Waals surface area contributed by atoms with Gasteiger partial charge >= 0.3 is 0 Å². The molecule has 0 radical (unpaired) electrons. The summed E-state index contributed by atoms with van der Waals surface area (Å²) in [4.78, 5) is 15.4. The molecular formula is C11H16N2O. The summed E-state index contributed by atoms with van der Waals surface area (Å²) in [5.41, 5.74) is 1.75. The molecule has 0 atom stereocenters. The monoisotopic (exact) mass is 192 g/mol. The number of carbonyl (C=O) groups excluding carboxylic acids is 1. The first kappa shape index (κ1) is 10.7. The number of rotatable bonds is 4. The van der Waals surface area contributed by atoms with Crippen LogP contribution in [0.15, 0.2) is 18.3 Å². The van der Waals surface area contributed by atoms with Gasteiger partial charge in [-0.15, -0.1) is 0 Å². The van der Waals surface area contributed by atoms with Gasteiger partial charge in [0.05, 0.1) is 0 Å². The molecule has 76 valence electrons. The van der Waals surface area contributed by atoms with E-state index < -0.39 is 0 Å². The minimum atomic E-state index is 0.0810. The van der Waals surface area contributed by atoms with Gasteiger partial charge in [-0.1, -0.05) is 13.3 Å². The Hall–Kier alpha value is -1.38. The van der Waals surface area contributed by atoms with E-state index in [0.717, 1.165) is 24.2 Å². The summed E-state index contributed by atoms with van der Waals surface area (Å²) in [7, 11) is 0. The first-order valence-electron chi connectivity index (χ1n) is 4.95. The van der Waals surface area contributed by atoms with Gasteiger partial charge in [0, 0.05) is 24.0 Å². The molecule has 0 saturated heterocycles. The number of anilines is 1. The standard InChI is InChI=1S/C11H16N2O/c1-3-4-5-11(14)13-10-6-7-12-9(2)8-10/h6-8H,3-5H2,1-2H3,(H,12,13,14). The van der Waals surface area contributed by atoms with Crippen LogP contribution >= 0.6 is 0 Å². The smallest absolute Gasteiger partial charge is 0.224 e. The molecule has 1 N–H and O–H groups in total. The molecule has 0 aliphatic rings. The van der Waals surface area contributed by atoms with E-state index in [-0.39, 0.29) is 5.91 Å². The third-order valence-corrected chi connectivity index (χ3v) is 1.94. The molecule has 3 nitrogen and oxygen atoms in total. The first-order valence-corrected chi connectivity index (χ1v) is 4.95. The molecule has 1 amide bonds. The minimum absolute atomic E-state index is 0.0810. The maximum absolute atomic E-state index is 11.4. The summed E-state index contributed by atoms with van der Waals surface area (Å²) >= 11 is 0. The fraction of sp³-hybridized carbons (Fsp3) is 0.455. The Labute approximate surface area is 84.6 Å². The average Bonchev–Trinajstić information content (AvgIpc) is 2.15. The molecule has 0 unspecified atom stereocenters. The fourth-order valence-electron chi connectivity index (χ4n) is 1.18. The molecule has 1 aromatic rings. The van der Waals surface area contributed by atoms with Crippen molar-refractivity contribution in [1.82, 2.24) is 4.98 Å². The van der Waals surface area contributed by atoms with Crippen molar-refractivity contribution >= 4 is 11.6 Å². The number of aryl methyl sites for hydroxylation is 1. The number of pyridine rings is 1. The van der Waals surface area contributed by atoms with Crippen molar-refractivity contribution in [3.8, 4) is 0 Å².